The number of nitrogens with zero attached hydrogens (tertiary/aromatic N) is 1. The molecular formula is C14H14ClNO5. The van der Waals surface area contributed by atoms with Crippen molar-refractivity contribution in [3.8, 4) is 11.5 Å². The van der Waals surface area contributed by atoms with E-state index in [1.807, 2.05) is 0 Å². The highest BCUT2D eigenvalue weighted by molar-refractivity contribution is 6.32. The number of halogens is 1. The van der Waals surface area contributed by atoms with Gasteiger partial charge in [0, 0.05) is 11.6 Å². The average molecular weight is 312 g/mol. The van der Waals surface area contributed by atoms with Crippen molar-refractivity contribution in [3.05, 3.63) is 22.7 Å². The number of carbonyl (C=O) groups is 2. The number of ether oxygens (including phenoxy) is 2. The van der Waals surface area contributed by atoms with Gasteiger partial charge in [-0.05, 0) is 25.0 Å². The van der Waals surface area contributed by atoms with Crippen LogP contribution in [0.15, 0.2) is 12.1 Å². The van der Waals surface area contributed by atoms with Gasteiger partial charge in [0.15, 0.2) is 11.5 Å². The predicted molar refractivity (Wildman–Crippen MR) is 74.1 cm³/mol. The maximum absolute atomic E-state index is 12.5. The van der Waals surface area contributed by atoms with E-state index < -0.39 is 5.97 Å². The lowest BCUT2D eigenvalue weighted by atomic mass is 10.1. The summed E-state index contributed by atoms with van der Waals surface area (Å²) in [6.45, 7) is 0.491. The summed E-state index contributed by atoms with van der Waals surface area (Å²) in [6, 6.07) is 3.05. The van der Waals surface area contributed by atoms with Crippen molar-refractivity contribution >= 4 is 23.5 Å². The van der Waals surface area contributed by atoms with Crippen LogP contribution in [-0.2, 0) is 4.79 Å². The van der Waals surface area contributed by atoms with Crippen molar-refractivity contribution in [1.29, 1.82) is 0 Å². The summed E-state index contributed by atoms with van der Waals surface area (Å²) >= 11 is 6.10. The largest absolute Gasteiger partial charge is 0.486 e. The lowest BCUT2D eigenvalue weighted by Crippen LogP contribution is -2.37. The topological polar surface area (TPSA) is 76.1 Å². The minimum absolute atomic E-state index is 0.000534. The van der Waals surface area contributed by atoms with Crippen LogP contribution in [-0.4, -0.2) is 47.7 Å². The number of hydrogen-bond donors (Lipinski definition) is 1. The van der Waals surface area contributed by atoms with Crippen molar-refractivity contribution in [3.63, 3.8) is 0 Å². The molecule has 1 aliphatic heterocycles. The Kier molecular flexibility index (Phi) is 3.63. The summed E-state index contributed by atoms with van der Waals surface area (Å²) in [5.74, 6) is -0.531. The second kappa shape index (κ2) is 5.44. The predicted octanol–water partition coefficient (Wildman–Crippen LogP) is 1.80. The molecule has 0 saturated heterocycles. The quantitative estimate of drug-likeness (QED) is 0.917. The maximum atomic E-state index is 12.5. The molecule has 2 aliphatic rings. The highest BCUT2D eigenvalue weighted by Crippen LogP contribution is 2.39. The Hall–Kier alpha value is -1.95. The molecule has 0 spiro atoms. The Balaban J connectivity index is 1.89. The third-order valence-electron chi connectivity index (χ3n) is 3.40. The van der Waals surface area contributed by atoms with E-state index >= 15 is 0 Å². The first-order chi connectivity index (χ1) is 10.1. The average Bonchev–Trinajstić information content (AvgIpc) is 3.28. The molecule has 3 rings (SSSR count). The van der Waals surface area contributed by atoms with Gasteiger partial charge in [0.1, 0.15) is 19.8 Å². The lowest BCUT2D eigenvalue weighted by Gasteiger charge is -2.23. The molecule has 0 unspecified atom stereocenters. The maximum Gasteiger partial charge on any atom is 0.323 e. The molecule has 1 aliphatic carbocycles. The molecule has 1 heterocycles. The lowest BCUT2D eigenvalue weighted by molar-refractivity contribution is -0.137. The van der Waals surface area contributed by atoms with E-state index in [1.54, 1.807) is 6.07 Å². The number of fused-ring (bicyclic) bond motifs is 1. The Labute approximate surface area is 126 Å². The van der Waals surface area contributed by atoms with Crippen LogP contribution >= 0.6 is 11.6 Å². The van der Waals surface area contributed by atoms with E-state index in [1.165, 1.54) is 11.0 Å². The first-order valence-electron chi connectivity index (χ1n) is 6.68. The zero-order chi connectivity index (χ0) is 15.0. The monoisotopic (exact) mass is 311 g/mol. The molecule has 1 fully saturated rings. The van der Waals surface area contributed by atoms with E-state index in [4.69, 9.17) is 26.2 Å². The highest BCUT2D eigenvalue weighted by Gasteiger charge is 2.35. The van der Waals surface area contributed by atoms with Crippen LogP contribution < -0.4 is 9.47 Å². The standard InChI is InChI=1S/C14H14ClNO5/c15-10-5-8(6-11-13(10)21-4-3-20-11)14(19)16(7-12(17)18)9-1-2-9/h5-6,9H,1-4,7H2,(H,17,18). The number of carboxylic acid groups (broad SMARTS) is 1. The summed E-state index contributed by atoms with van der Waals surface area (Å²) in [4.78, 5) is 24.8. The van der Waals surface area contributed by atoms with Crippen molar-refractivity contribution < 1.29 is 24.2 Å². The normalized spacial score (nSPS) is 16.4. The van der Waals surface area contributed by atoms with Gasteiger partial charge in [-0.1, -0.05) is 11.6 Å². The zero-order valence-electron chi connectivity index (χ0n) is 11.2. The molecule has 0 radical (unpaired) electrons. The summed E-state index contributed by atoms with van der Waals surface area (Å²) in [6.07, 6.45) is 1.66. The van der Waals surface area contributed by atoms with Gasteiger partial charge < -0.3 is 19.5 Å². The Morgan fingerprint density at radius 3 is 2.67 bits per heavy atom. The smallest absolute Gasteiger partial charge is 0.323 e. The molecule has 1 N–H and O–H groups in total. The van der Waals surface area contributed by atoms with Crippen molar-refractivity contribution in [2.45, 2.75) is 18.9 Å². The molecule has 7 heteroatoms. The molecule has 1 aromatic carbocycles. The number of amides is 1. The van der Waals surface area contributed by atoms with E-state index in [-0.39, 0.29) is 18.5 Å². The van der Waals surface area contributed by atoms with Gasteiger partial charge in [0.05, 0.1) is 5.02 Å². The molecular weight excluding hydrogens is 298 g/mol. The minimum atomic E-state index is -1.03. The second-order valence-corrected chi connectivity index (χ2v) is 5.45. The van der Waals surface area contributed by atoms with Crippen LogP contribution in [0.5, 0.6) is 11.5 Å². The summed E-state index contributed by atoms with van der Waals surface area (Å²) in [7, 11) is 0. The molecule has 0 bridgehead atoms. The van der Waals surface area contributed by atoms with Gasteiger partial charge in [-0.25, -0.2) is 0 Å². The van der Waals surface area contributed by atoms with Crippen LogP contribution in [0, 0.1) is 0 Å². The Bertz CT molecular complexity index is 599. The summed E-state index contributed by atoms with van der Waals surface area (Å²) in [5, 5.41) is 9.23. The molecule has 0 atom stereocenters. The number of benzene rings is 1. The van der Waals surface area contributed by atoms with Gasteiger partial charge in [-0.15, -0.1) is 0 Å². The number of rotatable bonds is 4. The molecule has 6 nitrogen and oxygen atoms in total. The molecule has 1 amide bonds. The Morgan fingerprint density at radius 2 is 2.00 bits per heavy atom. The SMILES string of the molecule is O=C(O)CN(C(=O)c1cc(Cl)c2c(c1)OCCO2)C1CC1. The fraction of sp³-hybridized carbons (Fsp3) is 0.429. The first kappa shape index (κ1) is 14.0. The van der Waals surface area contributed by atoms with Crippen LogP contribution in [0.4, 0.5) is 0 Å². The van der Waals surface area contributed by atoms with Crippen LogP contribution in [0.1, 0.15) is 23.2 Å². The van der Waals surface area contributed by atoms with Crippen molar-refractivity contribution in [2.24, 2.45) is 0 Å². The van der Waals surface area contributed by atoms with E-state index in [2.05, 4.69) is 0 Å². The third-order valence-corrected chi connectivity index (χ3v) is 3.68. The van der Waals surface area contributed by atoms with E-state index in [9.17, 15) is 9.59 Å². The first-order valence-corrected chi connectivity index (χ1v) is 7.06. The summed E-state index contributed by atoms with van der Waals surface area (Å²) in [5.41, 5.74) is 0.317. The number of aliphatic carboxylic acids is 1. The number of carboxylic acids is 1. The molecule has 21 heavy (non-hydrogen) atoms. The molecule has 1 aromatic rings. The van der Waals surface area contributed by atoms with Crippen LogP contribution in [0.2, 0.25) is 5.02 Å². The number of hydrogen-bond acceptors (Lipinski definition) is 4. The highest BCUT2D eigenvalue weighted by atomic mass is 35.5. The van der Waals surface area contributed by atoms with Gasteiger partial charge in [0.2, 0.25) is 0 Å². The van der Waals surface area contributed by atoms with Gasteiger partial charge >= 0.3 is 5.97 Å². The van der Waals surface area contributed by atoms with Gasteiger partial charge in [0.25, 0.3) is 5.91 Å². The molecule has 112 valence electrons. The Morgan fingerprint density at radius 1 is 1.29 bits per heavy atom. The van der Waals surface area contributed by atoms with E-state index in [0.29, 0.717) is 35.3 Å². The second-order valence-electron chi connectivity index (χ2n) is 5.04. The summed E-state index contributed by atoms with van der Waals surface area (Å²) < 4.78 is 10.8. The fourth-order valence-electron chi connectivity index (χ4n) is 2.30. The van der Waals surface area contributed by atoms with Crippen LogP contribution in [0.25, 0.3) is 0 Å². The molecule has 0 aromatic heterocycles. The zero-order valence-corrected chi connectivity index (χ0v) is 11.9. The third kappa shape index (κ3) is 2.90. The van der Waals surface area contributed by atoms with E-state index in [0.717, 1.165) is 12.8 Å². The van der Waals surface area contributed by atoms with Gasteiger partial charge in [-0.2, -0.15) is 0 Å². The van der Waals surface area contributed by atoms with Crippen LogP contribution in [0.3, 0.4) is 0 Å². The van der Waals surface area contributed by atoms with Crippen molar-refractivity contribution in [1.82, 2.24) is 4.90 Å². The van der Waals surface area contributed by atoms with Crippen molar-refractivity contribution in [2.75, 3.05) is 19.8 Å². The minimum Gasteiger partial charge on any atom is -0.486 e. The fourth-order valence-corrected chi connectivity index (χ4v) is 2.56. The number of carbonyl (C=O) groups excluding carboxylic acids is 1. The van der Waals surface area contributed by atoms with Gasteiger partial charge in [-0.3, -0.25) is 9.59 Å². The molecule has 1 saturated carbocycles.